The molecule has 7 heteroatoms. The quantitative estimate of drug-likeness (QED) is 0.272. The molecule has 0 spiro atoms. The van der Waals surface area contributed by atoms with Gasteiger partial charge in [-0.25, -0.2) is 4.79 Å². The Morgan fingerprint density at radius 1 is 0.816 bits per heavy atom. The highest BCUT2D eigenvalue weighted by molar-refractivity contribution is 6.06. The maximum atomic E-state index is 14.1. The van der Waals surface area contributed by atoms with Crippen molar-refractivity contribution in [3.63, 3.8) is 0 Å². The van der Waals surface area contributed by atoms with Gasteiger partial charge in [0.05, 0.1) is 25.6 Å². The van der Waals surface area contributed by atoms with Gasteiger partial charge in [0.25, 0.3) is 0 Å². The number of methoxy groups -OCH3 is 1. The van der Waals surface area contributed by atoms with E-state index < -0.39 is 22.9 Å². The van der Waals surface area contributed by atoms with Crippen molar-refractivity contribution in [3.8, 4) is 5.75 Å². The third-order valence-corrected chi connectivity index (χ3v) is 7.25. The van der Waals surface area contributed by atoms with Crippen molar-refractivity contribution in [3.05, 3.63) is 102 Å². The first-order valence-electron chi connectivity index (χ1n) is 12.7. The van der Waals surface area contributed by atoms with E-state index in [-0.39, 0.29) is 38.5 Å². The first kappa shape index (κ1) is 26.9. The predicted molar refractivity (Wildman–Crippen MR) is 142 cm³/mol. The summed E-state index contributed by atoms with van der Waals surface area (Å²) in [6.45, 7) is 3.79. The number of likely N-dealkylation sites (tertiary alicyclic amines) is 1. The van der Waals surface area contributed by atoms with Gasteiger partial charge in [-0.1, -0.05) is 72.8 Å². The van der Waals surface area contributed by atoms with Gasteiger partial charge in [0.15, 0.2) is 5.54 Å². The van der Waals surface area contributed by atoms with E-state index in [9.17, 15) is 14.4 Å². The second-order valence-corrected chi connectivity index (χ2v) is 9.64. The van der Waals surface area contributed by atoms with Crippen LogP contribution in [0.4, 0.5) is 0 Å². The van der Waals surface area contributed by atoms with Crippen LogP contribution in [0.15, 0.2) is 84.9 Å². The number of hydrogen-bond donors (Lipinski definition) is 0. The second kappa shape index (κ2) is 11.5. The summed E-state index contributed by atoms with van der Waals surface area (Å²) in [4.78, 5) is 42.2. The van der Waals surface area contributed by atoms with E-state index in [0.29, 0.717) is 5.75 Å². The highest BCUT2D eigenvalue weighted by Gasteiger charge is 2.73. The molecular weight excluding hydrogens is 482 g/mol. The van der Waals surface area contributed by atoms with Gasteiger partial charge in [-0.2, -0.15) is 0 Å². The molecule has 0 radical (unpaired) electrons. The summed E-state index contributed by atoms with van der Waals surface area (Å²) in [6, 6.07) is 26.2. The van der Waals surface area contributed by atoms with Crippen LogP contribution in [-0.4, -0.2) is 42.0 Å². The molecule has 0 saturated carbocycles. The second-order valence-electron chi connectivity index (χ2n) is 9.64. The first-order valence-corrected chi connectivity index (χ1v) is 12.7. The van der Waals surface area contributed by atoms with Crippen molar-refractivity contribution >= 4 is 17.8 Å². The van der Waals surface area contributed by atoms with E-state index >= 15 is 0 Å². The van der Waals surface area contributed by atoms with Gasteiger partial charge in [-0.3, -0.25) is 9.59 Å². The molecule has 2 atom stereocenters. The van der Waals surface area contributed by atoms with E-state index in [1.54, 1.807) is 25.9 Å². The van der Waals surface area contributed by atoms with Crippen LogP contribution in [-0.2, 0) is 43.4 Å². The summed E-state index contributed by atoms with van der Waals surface area (Å²) in [5, 5.41) is 0. The Morgan fingerprint density at radius 2 is 1.42 bits per heavy atom. The van der Waals surface area contributed by atoms with Gasteiger partial charge >= 0.3 is 11.9 Å². The van der Waals surface area contributed by atoms with Crippen LogP contribution in [0, 0.1) is 5.41 Å². The number of amides is 1. The molecule has 3 aromatic rings. The minimum atomic E-state index is -1.42. The molecule has 1 fully saturated rings. The van der Waals surface area contributed by atoms with Gasteiger partial charge in [0, 0.05) is 13.0 Å². The SMILES string of the molecule is CCOC(=O)CC1(C)C(=O)N(Cc2ccc(OC)cc2)[C@]1(Cc1ccccc1)C(=O)OCc1ccccc1. The summed E-state index contributed by atoms with van der Waals surface area (Å²) >= 11 is 0. The zero-order chi connectivity index (χ0) is 27.2. The van der Waals surface area contributed by atoms with Crippen LogP contribution in [0.25, 0.3) is 0 Å². The Bertz CT molecular complexity index is 1260. The third kappa shape index (κ3) is 5.14. The molecule has 1 aliphatic heterocycles. The molecule has 1 amide bonds. The lowest BCUT2D eigenvalue weighted by Crippen LogP contribution is -2.81. The largest absolute Gasteiger partial charge is 0.497 e. The lowest BCUT2D eigenvalue weighted by Gasteiger charge is -2.61. The van der Waals surface area contributed by atoms with Crippen LogP contribution in [0.5, 0.6) is 5.75 Å². The highest BCUT2D eigenvalue weighted by Crippen LogP contribution is 2.54. The van der Waals surface area contributed by atoms with Gasteiger partial charge in [-0.15, -0.1) is 0 Å². The Balaban J connectivity index is 1.76. The topological polar surface area (TPSA) is 82.1 Å². The number of carbonyl (C=O) groups is 3. The smallest absolute Gasteiger partial charge is 0.333 e. The molecule has 1 saturated heterocycles. The number of esters is 2. The number of carbonyl (C=O) groups excluding carboxylic acids is 3. The highest BCUT2D eigenvalue weighted by atomic mass is 16.5. The van der Waals surface area contributed by atoms with E-state index in [1.807, 2.05) is 84.9 Å². The maximum absolute atomic E-state index is 14.1. The molecule has 198 valence electrons. The fraction of sp³-hybridized carbons (Fsp3) is 0.323. The number of β-lactam (4-membered cyclic amide) rings is 1. The minimum absolute atomic E-state index is 0.0519. The van der Waals surface area contributed by atoms with Gasteiger partial charge in [0.1, 0.15) is 12.4 Å². The third-order valence-electron chi connectivity index (χ3n) is 7.25. The average molecular weight is 516 g/mol. The van der Waals surface area contributed by atoms with Crippen LogP contribution >= 0.6 is 0 Å². The Kier molecular flexibility index (Phi) is 8.15. The number of nitrogens with zero attached hydrogens (tertiary/aromatic N) is 1. The monoisotopic (exact) mass is 515 g/mol. The number of benzene rings is 3. The fourth-order valence-electron chi connectivity index (χ4n) is 5.17. The molecule has 0 aromatic heterocycles. The minimum Gasteiger partial charge on any atom is -0.497 e. The van der Waals surface area contributed by atoms with E-state index in [2.05, 4.69) is 0 Å². The standard InChI is InChI=1S/C31H33NO6/c1-4-37-27(33)20-30(2)28(34)32(21-24-15-17-26(36-3)18-16-24)31(30,19-23-11-7-5-8-12-23)29(35)38-22-25-13-9-6-10-14-25/h5-18H,4,19-22H2,1-3H3/t30?,31-/m1/s1. The van der Waals surface area contributed by atoms with E-state index in [0.717, 1.165) is 16.7 Å². The van der Waals surface area contributed by atoms with Crippen LogP contribution in [0.3, 0.4) is 0 Å². The number of ether oxygens (including phenoxy) is 3. The van der Waals surface area contributed by atoms with Crippen molar-refractivity contribution in [2.75, 3.05) is 13.7 Å². The van der Waals surface area contributed by atoms with E-state index in [4.69, 9.17) is 14.2 Å². The molecule has 3 aromatic carbocycles. The molecule has 7 nitrogen and oxygen atoms in total. The van der Waals surface area contributed by atoms with Crippen molar-refractivity contribution in [1.82, 2.24) is 4.90 Å². The normalized spacial score (nSPS) is 20.4. The average Bonchev–Trinajstić information content (AvgIpc) is 2.94. The fourth-order valence-corrected chi connectivity index (χ4v) is 5.17. The molecule has 1 heterocycles. The van der Waals surface area contributed by atoms with Gasteiger partial charge in [-0.05, 0) is 42.7 Å². The maximum Gasteiger partial charge on any atom is 0.333 e. The van der Waals surface area contributed by atoms with Crippen molar-refractivity contribution < 1.29 is 28.6 Å². The number of rotatable bonds is 11. The molecule has 0 bridgehead atoms. The van der Waals surface area contributed by atoms with Crippen LogP contribution < -0.4 is 4.74 Å². The Morgan fingerprint density at radius 3 is 2.00 bits per heavy atom. The summed E-state index contributed by atoms with van der Waals surface area (Å²) in [6.07, 6.45) is -0.0364. The van der Waals surface area contributed by atoms with Gasteiger partial charge in [0.2, 0.25) is 5.91 Å². The number of hydrogen-bond acceptors (Lipinski definition) is 6. The van der Waals surface area contributed by atoms with E-state index in [1.165, 1.54) is 0 Å². The zero-order valence-electron chi connectivity index (χ0n) is 22.0. The lowest BCUT2D eigenvalue weighted by molar-refractivity contribution is -0.213. The molecule has 0 aliphatic carbocycles. The van der Waals surface area contributed by atoms with Crippen LogP contribution in [0.2, 0.25) is 0 Å². The summed E-state index contributed by atoms with van der Waals surface area (Å²) in [5.41, 5.74) is -0.269. The molecule has 0 N–H and O–H groups in total. The molecule has 38 heavy (non-hydrogen) atoms. The molecular formula is C31H33NO6. The Hall–Kier alpha value is -4.13. The zero-order valence-corrected chi connectivity index (χ0v) is 22.0. The van der Waals surface area contributed by atoms with Gasteiger partial charge < -0.3 is 19.1 Å². The Labute approximate surface area is 223 Å². The molecule has 4 rings (SSSR count). The molecule has 1 aliphatic rings. The summed E-state index contributed by atoms with van der Waals surface area (Å²) in [5.74, 6) is -0.687. The van der Waals surface area contributed by atoms with Crippen molar-refractivity contribution in [2.45, 2.75) is 45.4 Å². The summed E-state index contributed by atoms with van der Waals surface area (Å²) < 4.78 is 16.4. The van der Waals surface area contributed by atoms with Crippen LogP contribution in [0.1, 0.15) is 37.0 Å². The van der Waals surface area contributed by atoms with Crippen molar-refractivity contribution in [2.24, 2.45) is 5.41 Å². The summed E-state index contributed by atoms with van der Waals surface area (Å²) in [7, 11) is 1.59. The van der Waals surface area contributed by atoms with Crippen molar-refractivity contribution in [1.29, 1.82) is 0 Å². The lowest BCUT2D eigenvalue weighted by atomic mass is 9.56. The predicted octanol–water partition coefficient (Wildman–Crippen LogP) is 4.72. The molecule has 1 unspecified atom stereocenters. The first-order chi connectivity index (χ1) is 18.3.